The first-order valence-corrected chi connectivity index (χ1v) is 9.82. The number of carbonyl (C=O) groups excluding carboxylic acids is 1. The molecule has 0 aromatic heterocycles. The van der Waals surface area contributed by atoms with Gasteiger partial charge in [0.1, 0.15) is 0 Å². The van der Waals surface area contributed by atoms with Crippen molar-refractivity contribution in [3.63, 3.8) is 0 Å². The van der Waals surface area contributed by atoms with Gasteiger partial charge in [0, 0.05) is 31.1 Å². The number of amides is 1. The van der Waals surface area contributed by atoms with Crippen LogP contribution in [-0.2, 0) is 4.79 Å². The molecular formula is C23H28N2O3. The Labute approximate surface area is 166 Å². The number of aromatic carboxylic acids is 1. The Hall–Kier alpha value is -2.82. The maximum absolute atomic E-state index is 12.1. The maximum atomic E-state index is 12.1. The molecule has 1 heterocycles. The van der Waals surface area contributed by atoms with Gasteiger partial charge in [-0.2, -0.15) is 0 Å². The van der Waals surface area contributed by atoms with Gasteiger partial charge < -0.3 is 15.3 Å². The normalized spacial score (nSPS) is 16.4. The van der Waals surface area contributed by atoms with Crippen molar-refractivity contribution in [1.29, 1.82) is 0 Å². The zero-order chi connectivity index (χ0) is 20.3. The van der Waals surface area contributed by atoms with E-state index in [1.807, 2.05) is 19.9 Å². The van der Waals surface area contributed by atoms with E-state index < -0.39 is 5.97 Å². The summed E-state index contributed by atoms with van der Waals surface area (Å²) < 4.78 is 0. The summed E-state index contributed by atoms with van der Waals surface area (Å²) >= 11 is 0. The zero-order valence-electron chi connectivity index (χ0n) is 16.7. The molecule has 0 saturated carbocycles. The molecule has 28 heavy (non-hydrogen) atoms. The van der Waals surface area contributed by atoms with Crippen LogP contribution in [0.3, 0.4) is 0 Å². The smallest absolute Gasteiger partial charge is 0.337 e. The van der Waals surface area contributed by atoms with Crippen molar-refractivity contribution in [3.05, 3.63) is 59.2 Å². The fourth-order valence-corrected chi connectivity index (χ4v) is 3.88. The molecule has 0 bridgehead atoms. The minimum Gasteiger partial charge on any atom is -0.478 e. The van der Waals surface area contributed by atoms with Crippen LogP contribution in [0.25, 0.3) is 0 Å². The fourth-order valence-electron chi connectivity index (χ4n) is 3.88. The van der Waals surface area contributed by atoms with E-state index in [-0.39, 0.29) is 17.4 Å². The van der Waals surface area contributed by atoms with Crippen LogP contribution in [0, 0.1) is 12.8 Å². The fraction of sp³-hybridized carbons (Fsp3) is 0.391. The van der Waals surface area contributed by atoms with Crippen LogP contribution in [0.4, 0.5) is 11.4 Å². The summed E-state index contributed by atoms with van der Waals surface area (Å²) in [5, 5.41) is 12.4. The van der Waals surface area contributed by atoms with Crippen LogP contribution in [0.15, 0.2) is 42.5 Å². The summed E-state index contributed by atoms with van der Waals surface area (Å²) in [6, 6.07) is 13.7. The summed E-state index contributed by atoms with van der Waals surface area (Å²) in [7, 11) is 0. The first kappa shape index (κ1) is 19.9. The molecule has 148 valence electrons. The lowest BCUT2D eigenvalue weighted by atomic mass is 9.94. The van der Waals surface area contributed by atoms with E-state index in [0.717, 1.165) is 25.2 Å². The first-order valence-electron chi connectivity index (χ1n) is 9.82. The molecule has 2 aromatic carbocycles. The van der Waals surface area contributed by atoms with Crippen molar-refractivity contribution in [2.45, 2.75) is 39.5 Å². The largest absolute Gasteiger partial charge is 0.478 e. The summed E-state index contributed by atoms with van der Waals surface area (Å²) in [6.07, 6.45) is 1.41. The van der Waals surface area contributed by atoms with Gasteiger partial charge in [0.2, 0.25) is 5.91 Å². The van der Waals surface area contributed by atoms with Gasteiger partial charge in [-0.3, -0.25) is 4.79 Å². The third-order valence-corrected chi connectivity index (χ3v) is 5.28. The minimum absolute atomic E-state index is 0.133. The van der Waals surface area contributed by atoms with Gasteiger partial charge in [0.15, 0.2) is 0 Å². The monoisotopic (exact) mass is 380 g/mol. The number of aryl methyl sites for hydroxylation is 1. The Bertz CT molecular complexity index is 876. The van der Waals surface area contributed by atoms with Crippen molar-refractivity contribution >= 4 is 23.3 Å². The second-order valence-electron chi connectivity index (χ2n) is 7.97. The highest BCUT2D eigenvalue weighted by Crippen LogP contribution is 2.33. The summed E-state index contributed by atoms with van der Waals surface area (Å²) in [5.41, 5.74) is 4.03. The number of nitrogens with one attached hydrogen (secondary N) is 1. The van der Waals surface area contributed by atoms with Crippen LogP contribution in [0.5, 0.6) is 0 Å². The number of nitrogens with zero attached hydrogens (tertiary/aromatic N) is 1. The Morgan fingerprint density at radius 2 is 1.96 bits per heavy atom. The lowest BCUT2D eigenvalue weighted by Crippen LogP contribution is -2.21. The van der Waals surface area contributed by atoms with Crippen LogP contribution in [0.1, 0.15) is 54.1 Å². The highest BCUT2D eigenvalue weighted by Gasteiger charge is 2.26. The number of rotatable bonds is 6. The Morgan fingerprint density at radius 1 is 1.21 bits per heavy atom. The molecule has 0 unspecified atom stereocenters. The highest BCUT2D eigenvalue weighted by molar-refractivity contribution is 6.01. The molecule has 2 aromatic rings. The van der Waals surface area contributed by atoms with Gasteiger partial charge >= 0.3 is 5.97 Å². The van der Waals surface area contributed by atoms with E-state index in [2.05, 4.69) is 41.4 Å². The van der Waals surface area contributed by atoms with Crippen molar-refractivity contribution in [1.82, 2.24) is 0 Å². The third kappa shape index (κ3) is 4.53. The highest BCUT2D eigenvalue weighted by atomic mass is 16.4. The Balaban J connectivity index is 1.78. The predicted octanol–water partition coefficient (Wildman–Crippen LogP) is 4.67. The van der Waals surface area contributed by atoms with E-state index in [4.69, 9.17) is 0 Å². The summed E-state index contributed by atoms with van der Waals surface area (Å²) in [6.45, 7) is 7.80. The van der Waals surface area contributed by atoms with Gasteiger partial charge in [-0.05, 0) is 48.6 Å². The molecule has 5 heteroatoms. The quantitative estimate of drug-likeness (QED) is 0.764. The standard InChI is InChI=1S/C23H28N2O3/c1-15(2)12-22(26)24-21-9-8-18(13-20(21)23(27)28)25-11-10-17(14-25)19-7-5-4-6-16(19)3/h4-9,13,15,17H,10-12,14H2,1-3H3,(H,24,26)(H,27,28)/t17-/m0/s1. The number of carboxylic acids is 1. The van der Waals surface area contributed by atoms with Crippen LogP contribution < -0.4 is 10.2 Å². The van der Waals surface area contributed by atoms with Crippen molar-refractivity contribution in [3.8, 4) is 0 Å². The number of anilines is 2. The van der Waals surface area contributed by atoms with Gasteiger partial charge in [-0.1, -0.05) is 38.1 Å². The number of benzene rings is 2. The molecule has 2 N–H and O–H groups in total. The first-order chi connectivity index (χ1) is 13.3. The molecule has 1 amide bonds. The van der Waals surface area contributed by atoms with E-state index in [1.54, 1.807) is 12.1 Å². The van der Waals surface area contributed by atoms with Crippen molar-refractivity contribution in [2.24, 2.45) is 5.92 Å². The van der Waals surface area contributed by atoms with Gasteiger partial charge in [0.05, 0.1) is 11.3 Å². The molecule has 0 spiro atoms. The van der Waals surface area contributed by atoms with Crippen LogP contribution >= 0.6 is 0 Å². The maximum Gasteiger partial charge on any atom is 0.337 e. The second kappa shape index (κ2) is 8.46. The molecule has 1 atom stereocenters. The molecule has 5 nitrogen and oxygen atoms in total. The molecule has 0 aliphatic carbocycles. The zero-order valence-corrected chi connectivity index (χ0v) is 16.7. The molecule has 3 rings (SSSR count). The number of hydrogen-bond donors (Lipinski definition) is 2. The van der Waals surface area contributed by atoms with E-state index >= 15 is 0 Å². The van der Waals surface area contributed by atoms with Crippen LogP contribution in [0.2, 0.25) is 0 Å². The van der Waals surface area contributed by atoms with E-state index in [9.17, 15) is 14.7 Å². The molecule has 1 aliphatic heterocycles. The van der Waals surface area contributed by atoms with Crippen molar-refractivity contribution in [2.75, 3.05) is 23.3 Å². The predicted molar refractivity (Wildman–Crippen MR) is 112 cm³/mol. The number of carboxylic acid groups (broad SMARTS) is 1. The molecule has 1 aliphatic rings. The Morgan fingerprint density at radius 3 is 2.64 bits per heavy atom. The summed E-state index contributed by atoms with van der Waals surface area (Å²) in [4.78, 5) is 26.0. The van der Waals surface area contributed by atoms with E-state index in [0.29, 0.717) is 18.0 Å². The minimum atomic E-state index is -1.03. The van der Waals surface area contributed by atoms with E-state index in [1.165, 1.54) is 11.1 Å². The van der Waals surface area contributed by atoms with Crippen LogP contribution in [-0.4, -0.2) is 30.1 Å². The number of hydrogen-bond acceptors (Lipinski definition) is 3. The molecule has 1 saturated heterocycles. The lowest BCUT2D eigenvalue weighted by Gasteiger charge is -2.21. The van der Waals surface area contributed by atoms with Gasteiger partial charge in [-0.25, -0.2) is 4.79 Å². The molecular weight excluding hydrogens is 352 g/mol. The topological polar surface area (TPSA) is 69.6 Å². The number of carbonyl (C=O) groups is 2. The van der Waals surface area contributed by atoms with Gasteiger partial charge in [0.25, 0.3) is 0 Å². The SMILES string of the molecule is Cc1ccccc1[C@H]1CCN(c2ccc(NC(=O)CC(C)C)c(C(=O)O)c2)C1. The lowest BCUT2D eigenvalue weighted by molar-refractivity contribution is -0.116. The second-order valence-corrected chi connectivity index (χ2v) is 7.97. The van der Waals surface area contributed by atoms with Gasteiger partial charge in [-0.15, -0.1) is 0 Å². The summed E-state index contributed by atoms with van der Waals surface area (Å²) in [5.74, 6) is -0.530. The Kier molecular flexibility index (Phi) is 6.02. The molecule has 0 radical (unpaired) electrons. The molecule has 1 fully saturated rings. The average molecular weight is 380 g/mol. The average Bonchev–Trinajstić information content (AvgIpc) is 3.11. The third-order valence-electron chi connectivity index (χ3n) is 5.28. The van der Waals surface area contributed by atoms with Crippen molar-refractivity contribution < 1.29 is 14.7 Å².